The molecule has 3 aromatic carbocycles. The van der Waals surface area contributed by atoms with Gasteiger partial charge in [-0.25, -0.2) is 9.78 Å². The van der Waals surface area contributed by atoms with E-state index in [-0.39, 0.29) is 5.56 Å². The minimum Gasteiger partial charge on any atom is -0.493 e. The maximum absolute atomic E-state index is 11.2. The van der Waals surface area contributed by atoms with Gasteiger partial charge in [0.15, 0.2) is 11.5 Å². The second-order valence-electron chi connectivity index (χ2n) is 6.89. The van der Waals surface area contributed by atoms with Crippen LogP contribution in [0.2, 0.25) is 0 Å². The molecular weight excluding hydrogens is 464 g/mol. The van der Waals surface area contributed by atoms with Crippen LogP contribution in [0.1, 0.15) is 27.6 Å². The molecule has 0 radical (unpaired) electrons. The number of nitrogens with one attached hydrogen (secondary N) is 1. The fraction of sp³-hybridized carbons (Fsp3) is 0.130. The number of aromatic amines is 1. The Balaban J connectivity index is 1.63. The number of aromatic carboxylic acids is 1. The number of fused-ring (bicyclic) bond motifs is 1. The smallest absolute Gasteiger partial charge is 0.335 e. The molecule has 0 bridgehead atoms. The van der Waals surface area contributed by atoms with Crippen molar-refractivity contribution in [2.75, 3.05) is 14.2 Å². The van der Waals surface area contributed by atoms with Crippen LogP contribution in [-0.2, 0) is 0 Å². The lowest BCUT2D eigenvalue weighted by molar-refractivity contribution is 0.0697. The summed E-state index contributed by atoms with van der Waals surface area (Å²) in [5.41, 5.74) is 3.70. The van der Waals surface area contributed by atoms with Crippen molar-refractivity contribution >= 4 is 32.9 Å². The third-order valence-corrected chi connectivity index (χ3v) is 5.59. The van der Waals surface area contributed by atoms with Crippen LogP contribution in [0.5, 0.6) is 11.5 Å². The SMILES string of the molecule is COc1cc(C(O)c2ccc(-c3nc4ccc(C(=O)O)cc4[nH]3)cc2)cc(Br)c1OC. The van der Waals surface area contributed by atoms with Crippen molar-refractivity contribution in [1.82, 2.24) is 9.97 Å². The molecule has 0 saturated carbocycles. The molecule has 0 amide bonds. The van der Waals surface area contributed by atoms with Crippen LogP contribution in [0, 0.1) is 0 Å². The Labute approximate surface area is 186 Å². The second-order valence-corrected chi connectivity index (χ2v) is 7.74. The van der Waals surface area contributed by atoms with E-state index in [2.05, 4.69) is 25.9 Å². The monoisotopic (exact) mass is 482 g/mol. The van der Waals surface area contributed by atoms with Gasteiger partial charge in [-0.15, -0.1) is 0 Å². The van der Waals surface area contributed by atoms with Crippen molar-refractivity contribution in [3.8, 4) is 22.9 Å². The molecule has 0 aliphatic carbocycles. The average molecular weight is 483 g/mol. The molecule has 7 nitrogen and oxygen atoms in total. The largest absolute Gasteiger partial charge is 0.493 e. The quantitative estimate of drug-likeness (QED) is 0.364. The van der Waals surface area contributed by atoms with Crippen LogP contribution in [0.4, 0.5) is 0 Å². The van der Waals surface area contributed by atoms with E-state index in [0.29, 0.717) is 44.0 Å². The number of benzene rings is 3. The molecule has 0 aliphatic rings. The minimum absolute atomic E-state index is 0.197. The number of aliphatic hydroxyl groups excluding tert-OH is 1. The third kappa shape index (κ3) is 3.99. The normalized spacial score (nSPS) is 12.0. The molecule has 1 unspecified atom stereocenters. The van der Waals surface area contributed by atoms with E-state index < -0.39 is 12.1 Å². The minimum atomic E-state index is -0.988. The highest BCUT2D eigenvalue weighted by Crippen LogP contribution is 2.39. The number of hydrogen-bond acceptors (Lipinski definition) is 5. The number of aliphatic hydroxyl groups is 1. The van der Waals surface area contributed by atoms with Crippen LogP contribution in [0.3, 0.4) is 0 Å². The highest BCUT2D eigenvalue weighted by atomic mass is 79.9. The number of halogens is 1. The molecule has 1 atom stereocenters. The lowest BCUT2D eigenvalue weighted by Crippen LogP contribution is -2.02. The van der Waals surface area contributed by atoms with Crippen molar-refractivity contribution < 1.29 is 24.5 Å². The number of H-pyrrole nitrogens is 1. The number of carboxylic acids is 1. The molecule has 1 heterocycles. The summed E-state index contributed by atoms with van der Waals surface area (Å²) in [4.78, 5) is 18.8. The fourth-order valence-corrected chi connectivity index (χ4v) is 4.01. The molecule has 0 saturated heterocycles. The van der Waals surface area contributed by atoms with Crippen LogP contribution in [0.15, 0.2) is 59.1 Å². The summed E-state index contributed by atoms with van der Waals surface area (Å²) in [6, 6.07) is 15.6. The summed E-state index contributed by atoms with van der Waals surface area (Å²) in [7, 11) is 3.10. The molecule has 0 aliphatic heterocycles. The van der Waals surface area contributed by atoms with Gasteiger partial charge < -0.3 is 24.7 Å². The highest BCUT2D eigenvalue weighted by Gasteiger charge is 2.17. The van der Waals surface area contributed by atoms with Crippen molar-refractivity contribution in [3.63, 3.8) is 0 Å². The fourth-order valence-electron chi connectivity index (χ4n) is 3.39. The Bertz CT molecular complexity index is 1270. The van der Waals surface area contributed by atoms with Gasteiger partial charge >= 0.3 is 5.97 Å². The molecule has 0 spiro atoms. The predicted molar refractivity (Wildman–Crippen MR) is 120 cm³/mol. The van der Waals surface area contributed by atoms with Crippen LogP contribution < -0.4 is 9.47 Å². The molecular formula is C23H19BrN2O5. The first-order chi connectivity index (χ1) is 14.9. The van der Waals surface area contributed by atoms with Gasteiger partial charge in [0, 0.05) is 5.56 Å². The van der Waals surface area contributed by atoms with Gasteiger partial charge in [-0.05, 0) is 57.4 Å². The second kappa shape index (κ2) is 8.41. The number of carboxylic acid groups (broad SMARTS) is 1. The van der Waals surface area contributed by atoms with Crippen molar-refractivity contribution in [3.05, 3.63) is 75.8 Å². The van der Waals surface area contributed by atoms with E-state index in [1.807, 2.05) is 24.3 Å². The molecule has 0 fully saturated rings. The van der Waals surface area contributed by atoms with E-state index >= 15 is 0 Å². The number of ether oxygens (including phenoxy) is 2. The highest BCUT2D eigenvalue weighted by molar-refractivity contribution is 9.10. The maximum atomic E-state index is 11.2. The number of imidazole rings is 1. The van der Waals surface area contributed by atoms with Gasteiger partial charge in [0.2, 0.25) is 0 Å². The van der Waals surface area contributed by atoms with Crippen LogP contribution in [-0.4, -0.2) is 40.4 Å². The van der Waals surface area contributed by atoms with E-state index in [1.54, 1.807) is 38.5 Å². The summed E-state index contributed by atoms with van der Waals surface area (Å²) < 4.78 is 11.4. The van der Waals surface area contributed by atoms with Gasteiger partial charge in [-0.2, -0.15) is 0 Å². The topological polar surface area (TPSA) is 105 Å². The standard InChI is InChI=1S/C23H19BrN2O5/c1-30-19-11-15(9-16(24)21(19)31-2)20(27)12-3-5-13(6-4-12)22-25-17-8-7-14(23(28)29)10-18(17)26-22/h3-11,20,27H,1-2H3,(H,25,26)(H,28,29). The van der Waals surface area contributed by atoms with E-state index in [4.69, 9.17) is 14.6 Å². The maximum Gasteiger partial charge on any atom is 0.335 e. The third-order valence-electron chi connectivity index (χ3n) is 5.00. The number of aromatic nitrogens is 2. The number of nitrogens with zero attached hydrogens (tertiary/aromatic N) is 1. The summed E-state index contributed by atoms with van der Waals surface area (Å²) in [5, 5.41) is 20.0. The zero-order chi connectivity index (χ0) is 22.1. The van der Waals surface area contributed by atoms with Crippen molar-refractivity contribution in [2.24, 2.45) is 0 Å². The lowest BCUT2D eigenvalue weighted by Gasteiger charge is -2.16. The Kier molecular flexibility index (Phi) is 5.67. The van der Waals surface area contributed by atoms with E-state index in [1.165, 1.54) is 6.07 Å². The Morgan fingerprint density at radius 2 is 1.77 bits per heavy atom. The van der Waals surface area contributed by atoms with E-state index in [9.17, 15) is 9.90 Å². The summed E-state index contributed by atoms with van der Waals surface area (Å²) >= 11 is 3.45. The predicted octanol–water partition coefficient (Wildman–Crippen LogP) is 4.79. The number of methoxy groups -OCH3 is 2. The van der Waals surface area contributed by atoms with Crippen molar-refractivity contribution in [1.29, 1.82) is 0 Å². The average Bonchev–Trinajstić information content (AvgIpc) is 3.21. The Morgan fingerprint density at radius 1 is 1.03 bits per heavy atom. The lowest BCUT2D eigenvalue weighted by atomic mass is 10.00. The van der Waals surface area contributed by atoms with Gasteiger partial charge in [-0.1, -0.05) is 24.3 Å². The number of rotatable bonds is 6. The van der Waals surface area contributed by atoms with Gasteiger partial charge in [0.1, 0.15) is 11.9 Å². The first-order valence-corrected chi connectivity index (χ1v) is 10.1. The van der Waals surface area contributed by atoms with Gasteiger partial charge in [0.25, 0.3) is 0 Å². The number of carbonyl (C=O) groups is 1. The zero-order valence-electron chi connectivity index (χ0n) is 16.7. The summed E-state index contributed by atoms with van der Waals surface area (Å²) in [6.45, 7) is 0. The first-order valence-electron chi connectivity index (χ1n) is 9.34. The number of hydrogen-bond donors (Lipinski definition) is 3. The molecule has 1 aromatic heterocycles. The van der Waals surface area contributed by atoms with Crippen molar-refractivity contribution in [2.45, 2.75) is 6.10 Å². The molecule has 158 valence electrons. The van der Waals surface area contributed by atoms with Crippen LogP contribution in [0.25, 0.3) is 22.4 Å². The molecule has 4 rings (SSSR count). The van der Waals surface area contributed by atoms with Crippen LogP contribution >= 0.6 is 15.9 Å². The summed E-state index contributed by atoms with van der Waals surface area (Å²) in [5.74, 6) is 0.709. The van der Waals surface area contributed by atoms with Gasteiger partial charge in [-0.3, -0.25) is 0 Å². The molecule has 8 heteroatoms. The molecule has 4 aromatic rings. The zero-order valence-corrected chi connectivity index (χ0v) is 18.3. The Hall–Kier alpha value is -3.36. The Morgan fingerprint density at radius 3 is 2.42 bits per heavy atom. The first kappa shape index (κ1) is 20.9. The van der Waals surface area contributed by atoms with E-state index in [0.717, 1.165) is 5.56 Å². The summed E-state index contributed by atoms with van der Waals surface area (Å²) in [6.07, 6.45) is -0.862. The molecule has 31 heavy (non-hydrogen) atoms. The molecule has 3 N–H and O–H groups in total. The van der Waals surface area contributed by atoms with Gasteiger partial charge in [0.05, 0.1) is 35.3 Å².